The average molecular weight is 359 g/mol. The van der Waals surface area contributed by atoms with E-state index >= 15 is 0 Å². The van der Waals surface area contributed by atoms with E-state index < -0.39 is 0 Å². The van der Waals surface area contributed by atoms with Gasteiger partial charge in [0.2, 0.25) is 11.8 Å². The number of nitrogens with one attached hydrogen (secondary N) is 1. The Balaban J connectivity index is 1.71. The van der Waals surface area contributed by atoms with Crippen molar-refractivity contribution in [3.05, 3.63) is 59.1 Å². The number of rotatable bonds is 3. The van der Waals surface area contributed by atoms with Crippen LogP contribution in [0.1, 0.15) is 6.42 Å². The minimum absolute atomic E-state index is 0.0153. The van der Waals surface area contributed by atoms with E-state index in [0.29, 0.717) is 6.54 Å². The number of para-hydroxylation sites is 2. The van der Waals surface area contributed by atoms with Crippen LogP contribution in [0.15, 0.2) is 59.1 Å². The second-order valence-corrected chi connectivity index (χ2v) is 6.06. The summed E-state index contributed by atoms with van der Waals surface area (Å²) in [5.41, 5.74) is 1.56. The van der Waals surface area contributed by atoms with Crippen molar-refractivity contribution in [1.29, 1.82) is 0 Å². The van der Waals surface area contributed by atoms with Gasteiger partial charge in [-0.05, 0) is 40.2 Å². The van der Waals surface area contributed by atoms with Crippen LogP contribution in [-0.2, 0) is 9.59 Å². The van der Waals surface area contributed by atoms with E-state index in [1.807, 2.05) is 54.6 Å². The van der Waals surface area contributed by atoms with E-state index in [9.17, 15) is 9.59 Å². The van der Waals surface area contributed by atoms with Crippen LogP contribution in [0.5, 0.6) is 0 Å². The number of hydrogen-bond acceptors (Lipinski definition) is 2. The van der Waals surface area contributed by atoms with Crippen LogP contribution >= 0.6 is 15.9 Å². The molecule has 3 rings (SSSR count). The molecule has 1 atom stereocenters. The monoisotopic (exact) mass is 358 g/mol. The molecule has 112 valence electrons. The third kappa shape index (κ3) is 3.04. The maximum atomic E-state index is 12.4. The van der Waals surface area contributed by atoms with Crippen molar-refractivity contribution in [2.75, 3.05) is 16.8 Å². The van der Waals surface area contributed by atoms with E-state index in [1.165, 1.54) is 0 Å². The standard InChI is InChI=1S/C17H15BrN2O2/c18-14-8-4-5-9-15(14)19-17(22)12-10-16(21)20(11-12)13-6-2-1-3-7-13/h1-9,12H,10-11H2,(H,19,22)/t12-/m1/s1. The van der Waals surface area contributed by atoms with Crippen LogP contribution in [0.2, 0.25) is 0 Å². The molecule has 0 unspecified atom stereocenters. The zero-order valence-corrected chi connectivity index (χ0v) is 13.4. The molecule has 0 saturated carbocycles. The molecule has 4 nitrogen and oxygen atoms in total. The van der Waals surface area contributed by atoms with Gasteiger partial charge in [0.15, 0.2) is 0 Å². The molecule has 0 spiro atoms. The quantitative estimate of drug-likeness (QED) is 0.913. The van der Waals surface area contributed by atoms with Gasteiger partial charge in [-0.2, -0.15) is 0 Å². The summed E-state index contributed by atoms with van der Waals surface area (Å²) in [4.78, 5) is 26.2. The van der Waals surface area contributed by atoms with Crippen molar-refractivity contribution in [3.63, 3.8) is 0 Å². The largest absolute Gasteiger partial charge is 0.325 e. The van der Waals surface area contributed by atoms with Crippen molar-refractivity contribution in [2.45, 2.75) is 6.42 Å². The van der Waals surface area contributed by atoms with Gasteiger partial charge in [-0.3, -0.25) is 9.59 Å². The van der Waals surface area contributed by atoms with Crippen molar-refractivity contribution < 1.29 is 9.59 Å². The van der Waals surface area contributed by atoms with Crippen LogP contribution in [0.25, 0.3) is 0 Å². The van der Waals surface area contributed by atoms with Crippen LogP contribution in [0.4, 0.5) is 11.4 Å². The van der Waals surface area contributed by atoms with Gasteiger partial charge in [0.1, 0.15) is 0 Å². The fourth-order valence-corrected chi connectivity index (χ4v) is 2.92. The van der Waals surface area contributed by atoms with Gasteiger partial charge in [0, 0.05) is 23.1 Å². The summed E-state index contributed by atoms with van der Waals surface area (Å²) >= 11 is 3.40. The molecule has 2 amide bonds. The van der Waals surface area contributed by atoms with Gasteiger partial charge in [-0.1, -0.05) is 30.3 Å². The number of hydrogen-bond donors (Lipinski definition) is 1. The molecule has 1 heterocycles. The molecule has 1 saturated heterocycles. The molecular weight excluding hydrogens is 344 g/mol. The highest BCUT2D eigenvalue weighted by Crippen LogP contribution is 2.27. The summed E-state index contributed by atoms with van der Waals surface area (Å²) in [6, 6.07) is 16.9. The smallest absolute Gasteiger partial charge is 0.229 e. The zero-order chi connectivity index (χ0) is 15.5. The van der Waals surface area contributed by atoms with Crippen molar-refractivity contribution in [2.24, 2.45) is 5.92 Å². The zero-order valence-electron chi connectivity index (χ0n) is 11.8. The molecular formula is C17H15BrN2O2. The summed E-state index contributed by atoms with van der Waals surface area (Å²) in [6.45, 7) is 0.416. The molecule has 1 aliphatic heterocycles. The average Bonchev–Trinajstić information content (AvgIpc) is 2.92. The first kappa shape index (κ1) is 14.8. The highest BCUT2D eigenvalue weighted by Gasteiger charge is 2.35. The van der Waals surface area contributed by atoms with Crippen LogP contribution in [0, 0.1) is 5.92 Å². The number of nitrogens with zero attached hydrogens (tertiary/aromatic N) is 1. The van der Waals surface area contributed by atoms with E-state index in [-0.39, 0.29) is 24.2 Å². The molecule has 0 aliphatic carbocycles. The Morgan fingerprint density at radius 1 is 1.09 bits per heavy atom. The Morgan fingerprint density at radius 3 is 2.50 bits per heavy atom. The second kappa shape index (κ2) is 6.32. The number of benzene rings is 2. The summed E-state index contributed by atoms with van der Waals surface area (Å²) in [5.74, 6) is -0.475. The molecule has 1 N–H and O–H groups in total. The molecule has 0 bridgehead atoms. The summed E-state index contributed by atoms with van der Waals surface area (Å²) in [6.07, 6.45) is 0.241. The minimum Gasteiger partial charge on any atom is -0.325 e. The maximum absolute atomic E-state index is 12.4. The predicted molar refractivity (Wildman–Crippen MR) is 89.7 cm³/mol. The Morgan fingerprint density at radius 2 is 1.77 bits per heavy atom. The van der Waals surface area contributed by atoms with E-state index in [0.717, 1.165) is 15.8 Å². The molecule has 0 aromatic heterocycles. The second-order valence-electron chi connectivity index (χ2n) is 5.21. The first-order chi connectivity index (χ1) is 10.6. The number of amides is 2. The Bertz CT molecular complexity index is 703. The third-order valence-corrected chi connectivity index (χ3v) is 4.39. The van der Waals surface area contributed by atoms with Crippen LogP contribution in [0.3, 0.4) is 0 Å². The van der Waals surface area contributed by atoms with Gasteiger partial charge in [-0.15, -0.1) is 0 Å². The molecule has 2 aromatic carbocycles. The Labute approximate surface area is 137 Å². The Hall–Kier alpha value is -2.14. The van der Waals surface area contributed by atoms with Crippen LogP contribution in [-0.4, -0.2) is 18.4 Å². The van der Waals surface area contributed by atoms with Gasteiger partial charge in [-0.25, -0.2) is 0 Å². The molecule has 0 radical (unpaired) electrons. The van der Waals surface area contributed by atoms with E-state index in [4.69, 9.17) is 0 Å². The lowest BCUT2D eigenvalue weighted by Crippen LogP contribution is -2.28. The van der Waals surface area contributed by atoms with Crippen molar-refractivity contribution in [1.82, 2.24) is 0 Å². The van der Waals surface area contributed by atoms with Gasteiger partial charge in [0.05, 0.1) is 11.6 Å². The third-order valence-electron chi connectivity index (χ3n) is 3.70. The summed E-state index contributed by atoms with van der Waals surface area (Å²) in [7, 11) is 0. The molecule has 2 aromatic rings. The van der Waals surface area contributed by atoms with Gasteiger partial charge < -0.3 is 10.2 Å². The fourth-order valence-electron chi connectivity index (χ4n) is 2.54. The maximum Gasteiger partial charge on any atom is 0.229 e. The first-order valence-electron chi connectivity index (χ1n) is 7.06. The molecule has 5 heteroatoms. The summed E-state index contributed by atoms with van der Waals surface area (Å²) < 4.78 is 0.826. The highest BCUT2D eigenvalue weighted by molar-refractivity contribution is 9.10. The van der Waals surface area contributed by atoms with Crippen molar-refractivity contribution in [3.8, 4) is 0 Å². The van der Waals surface area contributed by atoms with Crippen molar-refractivity contribution >= 4 is 39.1 Å². The number of anilines is 2. The fraction of sp³-hybridized carbons (Fsp3) is 0.176. The SMILES string of the molecule is O=C(Nc1ccccc1Br)[C@@H]1CC(=O)N(c2ccccc2)C1. The van der Waals surface area contributed by atoms with Crippen LogP contribution < -0.4 is 10.2 Å². The lowest BCUT2D eigenvalue weighted by atomic mass is 10.1. The highest BCUT2D eigenvalue weighted by atomic mass is 79.9. The van der Waals surface area contributed by atoms with E-state index in [2.05, 4.69) is 21.2 Å². The number of carbonyl (C=O) groups is 2. The summed E-state index contributed by atoms with van der Waals surface area (Å²) in [5, 5.41) is 2.88. The lowest BCUT2D eigenvalue weighted by molar-refractivity contribution is -0.122. The predicted octanol–water partition coefficient (Wildman–Crippen LogP) is 3.44. The lowest BCUT2D eigenvalue weighted by Gasteiger charge is -2.16. The topological polar surface area (TPSA) is 49.4 Å². The first-order valence-corrected chi connectivity index (χ1v) is 7.85. The minimum atomic E-state index is -0.334. The van der Waals surface area contributed by atoms with Gasteiger partial charge in [0.25, 0.3) is 0 Å². The Kier molecular flexibility index (Phi) is 4.24. The van der Waals surface area contributed by atoms with E-state index in [1.54, 1.807) is 4.90 Å². The molecule has 1 aliphatic rings. The normalized spacial score (nSPS) is 17.6. The number of carbonyl (C=O) groups excluding carboxylic acids is 2. The number of halogens is 1. The molecule has 22 heavy (non-hydrogen) atoms. The molecule has 1 fully saturated rings. The van der Waals surface area contributed by atoms with Gasteiger partial charge >= 0.3 is 0 Å².